The van der Waals surface area contributed by atoms with Gasteiger partial charge in [-0.2, -0.15) is 9.78 Å². The predicted octanol–water partition coefficient (Wildman–Crippen LogP) is 2.16. The van der Waals surface area contributed by atoms with E-state index in [1.165, 1.54) is 11.0 Å². The average Bonchev–Trinajstić information content (AvgIpc) is 2.95. The monoisotopic (exact) mass is 289 g/mol. The van der Waals surface area contributed by atoms with Gasteiger partial charge in [-0.1, -0.05) is 24.3 Å². The summed E-state index contributed by atoms with van der Waals surface area (Å²) in [6, 6.07) is 11.4. The lowest BCUT2D eigenvalue weighted by atomic mass is 10.2. The van der Waals surface area contributed by atoms with Crippen molar-refractivity contribution in [2.24, 2.45) is 5.10 Å². The highest BCUT2D eigenvalue weighted by Crippen LogP contribution is 2.20. The van der Waals surface area contributed by atoms with Crippen molar-refractivity contribution in [3.63, 3.8) is 0 Å². The number of nitrogens with one attached hydrogen (secondary N) is 1. The normalized spacial score (nSPS) is 11.6. The van der Waals surface area contributed by atoms with E-state index in [0.29, 0.717) is 11.0 Å². The number of benzene rings is 1. The molecule has 1 aromatic carbocycles. The standard InChI is InChI=1S/C16H11N5O/c22-16-15-14(12-5-1-2-6-13(12)20-15)18-10-21(16)19-9-11-4-3-7-17-8-11/h1-10,20H/b19-9-. The van der Waals surface area contributed by atoms with E-state index < -0.39 is 0 Å². The van der Waals surface area contributed by atoms with Crippen LogP contribution in [-0.2, 0) is 0 Å². The second-order valence-corrected chi connectivity index (χ2v) is 4.82. The Morgan fingerprint density at radius 2 is 2.09 bits per heavy atom. The van der Waals surface area contributed by atoms with Crippen molar-refractivity contribution in [2.75, 3.05) is 0 Å². The van der Waals surface area contributed by atoms with Gasteiger partial charge in [0.05, 0.1) is 6.21 Å². The SMILES string of the molecule is O=c1c2[nH]c3ccccc3c2ncn1/N=C\c1cccnc1. The number of aromatic amines is 1. The first-order valence-electron chi connectivity index (χ1n) is 6.75. The van der Waals surface area contributed by atoms with Crippen LogP contribution in [0.2, 0.25) is 0 Å². The fraction of sp³-hybridized carbons (Fsp3) is 0. The first-order chi connectivity index (χ1) is 10.8. The Labute approximate surface area is 124 Å². The van der Waals surface area contributed by atoms with E-state index in [2.05, 4.69) is 20.1 Å². The molecular formula is C16H11N5O. The summed E-state index contributed by atoms with van der Waals surface area (Å²) in [6.45, 7) is 0. The number of para-hydroxylation sites is 1. The van der Waals surface area contributed by atoms with Gasteiger partial charge in [0.2, 0.25) is 0 Å². The van der Waals surface area contributed by atoms with Gasteiger partial charge < -0.3 is 4.98 Å². The molecule has 0 atom stereocenters. The van der Waals surface area contributed by atoms with Gasteiger partial charge in [0.1, 0.15) is 17.4 Å². The molecule has 6 nitrogen and oxygen atoms in total. The molecule has 0 radical (unpaired) electrons. The smallest absolute Gasteiger partial charge is 0.298 e. The van der Waals surface area contributed by atoms with Gasteiger partial charge in [0, 0.05) is 28.9 Å². The maximum Gasteiger partial charge on any atom is 0.298 e. The number of aromatic nitrogens is 4. The summed E-state index contributed by atoms with van der Waals surface area (Å²) in [5.41, 5.74) is 2.57. The molecule has 0 aliphatic carbocycles. The highest BCUT2D eigenvalue weighted by Gasteiger charge is 2.09. The first-order valence-corrected chi connectivity index (χ1v) is 6.75. The molecular weight excluding hydrogens is 278 g/mol. The van der Waals surface area contributed by atoms with Crippen molar-refractivity contribution < 1.29 is 0 Å². The Bertz CT molecular complexity index is 1050. The molecule has 0 aliphatic rings. The van der Waals surface area contributed by atoms with E-state index in [0.717, 1.165) is 16.5 Å². The number of H-pyrrole nitrogens is 1. The summed E-state index contributed by atoms with van der Waals surface area (Å²) in [5.74, 6) is 0. The van der Waals surface area contributed by atoms with E-state index in [9.17, 15) is 4.79 Å². The zero-order valence-electron chi connectivity index (χ0n) is 11.5. The Hall–Kier alpha value is -3.28. The van der Waals surface area contributed by atoms with Crippen molar-refractivity contribution in [2.45, 2.75) is 0 Å². The molecule has 4 rings (SSSR count). The Balaban J connectivity index is 1.86. The molecule has 0 saturated heterocycles. The largest absolute Gasteiger partial charge is 0.349 e. The van der Waals surface area contributed by atoms with Crippen LogP contribution in [0.15, 0.2) is 65.0 Å². The Morgan fingerprint density at radius 3 is 2.95 bits per heavy atom. The Morgan fingerprint density at radius 1 is 1.18 bits per heavy atom. The van der Waals surface area contributed by atoms with Crippen LogP contribution in [0.4, 0.5) is 0 Å². The minimum absolute atomic E-state index is 0.235. The van der Waals surface area contributed by atoms with Crippen LogP contribution in [0.25, 0.3) is 21.9 Å². The summed E-state index contributed by atoms with van der Waals surface area (Å²) in [6.07, 6.45) is 6.35. The summed E-state index contributed by atoms with van der Waals surface area (Å²) in [5, 5.41) is 5.08. The summed E-state index contributed by atoms with van der Waals surface area (Å²) in [7, 11) is 0. The van der Waals surface area contributed by atoms with Crippen molar-refractivity contribution >= 4 is 28.2 Å². The molecule has 4 aromatic rings. The number of hydrogen-bond donors (Lipinski definition) is 1. The van der Waals surface area contributed by atoms with Gasteiger partial charge >= 0.3 is 0 Å². The molecule has 1 N–H and O–H groups in total. The lowest BCUT2D eigenvalue weighted by molar-refractivity contribution is 0.815. The highest BCUT2D eigenvalue weighted by molar-refractivity contribution is 6.04. The van der Waals surface area contributed by atoms with E-state index >= 15 is 0 Å². The van der Waals surface area contributed by atoms with Crippen molar-refractivity contribution in [3.05, 3.63) is 71.0 Å². The molecule has 3 heterocycles. The van der Waals surface area contributed by atoms with Crippen molar-refractivity contribution in [1.82, 2.24) is 19.6 Å². The lowest BCUT2D eigenvalue weighted by Gasteiger charge is -1.97. The highest BCUT2D eigenvalue weighted by atomic mass is 16.1. The predicted molar refractivity (Wildman–Crippen MR) is 85.1 cm³/mol. The van der Waals surface area contributed by atoms with Gasteiger partial charge in [-0.3, -0.25) is 9.78 Å². The molecule has 0 spiro atoms. The van der Waals surface area contributed by atoms with Gasteiger partial charge in [-0.05, 0) is 12.1 Å². The summed E-state index contributed by atoms with van der Waals surface area (Å²) >= 11 is 0. The van der Waals surface area contributed by atoms with E-state index in [4.69, 9.17) is 0 Å². The average molecular weight is 289 g/mol. The van der Waals surface area contributed by atoms with E-state index in [1.807, 2.05) is 36.4 Å². The quantitative estimate of drug-likeness (QED) is 0.574. The maximum absolute atomic E-state index is 12.5. The zero-order valence-corrected chi connectivity index (χ0v) is 11.5. The second-order valence-electron chi connectivity index (χ2n) is 4.82. The number of pyridine rings is 1. The van der Waals surface area contributed by atoms with Crippen molar-refractivity contribution in [3.8, 4) is 0 Å². The first kappa shape index (κ1) is 12.5. The molecule has 0 bridgehead atoms. The van der Waals surface area contributed by atoms with Gasteiger partial charge in [0.15, 0.2) is 0 Å². The van der Waals surface area contributed by atoms with Gasteiger partial charge in [0.25, 0.3) is 5.56 Å². The molecule has 0 unspecified atom stereocenters. The second kappa shape index (κ2) is 4.92. The number of fused-ring (bicyclic) bond motifs is 3. The summed E-state index contributed by atoms with van der Waals surface area (Å²) in [4.78, 5) is 23.9. The number of hydrogen-bond acceptors (Lipinski definition) is 4. The van der Waals surface area contributed by atoms with Crippen molar-refractivity contribution in [1.29, 1.82) is 0 Å². The molecule has 0 saturated carbocycles. The molecule has 3 aromatic heterocycles. The third kappa shape index (κ3) is 1.98. The molecule has 0 fully saturated rings. The molecule has 22 heavy (non-hydrogen) atoms. The van der Waals surface area contributed by atoms with Crippen LogP contribution in [0.3, 0.4) is 0 Å². The lowest BCUT2D eigenvalue weighted by Crippen LogP contribution is -2.17. The van der Waals surface area contributed by atoms with Gasteiger partial charge in [-0.25, -0.2) is 4.98 Å². The van der Waals surface area contributed by atoms with E-state index in [1.54, 1.807) is 18.6 Å². The zero-order chi connectivity index (χ0) is 14.9. The minimum atomic E-state index is -0.235. The fourth-order valence-corrected chi connectivity index (χ4v) is 2.36. The third-order valence-electron chi connectivity index (χ3n) is 3.41. The minimum Gasteiger partial charge on any atom is -0.349 e. The number of nitrogens with zero attached hydrogens (tertiary/aromatic N) is 4. The maximum atomic E-state index is 12.5. The fourth-order valence-electron chi connectivity index (χ4n) is 2.36. The molecule has 106 valence electrons. The van der Waals surface area contributed by atoms with Crippen LogP contribution in [0.1, 0.15) is 5.56 Å². The van der Waals surface area contributed by atoms with Crippen LogP contribution in [0.5, 0.6) is 0 Å². The number of rotatable bonds is 2. The van der Waals surface area contributed by atoms with Crippen LogP contribution in [0, 0.1) is 0 Å². The molecule has 0 amide bonds. The molecule has 6 heteroatoms. The van der Waals surface area contributed by atoms with Crippen LogP contribution in [-0.4, -0.2) is 25.8 Å². The van der Waals surface area contributed by atoms with Crippen LogP contribution >= 0.6 is 0 Å². The third-order valence-corrected chi connectivity index (χ3v) is 3.41. The Kier molecular flexibility index (Phi) is 2.79. The summed E-state index contributed by atoms with van der Waals surface area (Å²) < 4.78 is 1.21. The van der Waals surface area contributed by atoms with Gasteiger partial charge in [-0.15, -0.1) is 0 Å². The molecule has 0 aliphatic heterocycles. The van der Waals surface area contributed by atoms with E-state index in [-0.39, 0.29) is 5.56 Å². The van der Waals surface area contributed by atoms with Crippen LogP contribution < -0.4 is 5.56 Å². The topological polar surface area (TPSA) is 75.9 Å².